The van der Waals surface area contributed by atoms with Gasteiger partial charge < -0.3 is 23.9 Å². The standard InChI is InChI=1S/C29H29ClN4O5S/c30-18-4-5-21(31-13-18)24-16-38-27-20(2-1-3-23(27)39-24)17-6-9-33(10-7-17)15-26-32-28-22(12-25(40-28)29(35)36)34(26)14-19-8-11-37-19/h1-5,12-13,17,19,24H,6-11,14-16H2,(H,35,36). The lowest BCUT2D eigenvalue weighted by atomic mass is 9.88. The summed E-state index contributed by atoms with van der Waals surface area (Å²) in [5.74, 6) is 2.05. The Balaban J connectivity index is 1.04. The zero-order valence-corrected chi connectivity index (χ0v) is 23.4. The number of carbonyl (C=O) groups is 1. The number of halogens is 1. The van der Waals surface area contributed by atoms with Crippen molar-refractivity contribution < 1.29 is 24.1 Å². The summed E-state index contributed by atoms with van der Waals surface area (Å²) in [6.07, 6.45) is 4.56. The van der Waals surface area contributed by atoms with Crippen molar-refractivity contribution in [2.45, 2.75) is 50.5 Å². The molecule has 0 radical (unpaired) electrons. The van der Waals surface area contributed by atoms with Crippen LogP contribution in [0.4, 0.5) is 0 Å². The molecular weight excluding hydrogens is 552 g/mol. The van der Waals surface area contributed by atoms with Gasteiger partial charge in [-0.1, -0.05) is 23.7 Å². The van der Waals surface area contributed by atoms with Crippen LogP contribution in [0, 0.1) is 0 Å². The summed E-state index contributed by atoms with van der Waals surface area (Å²) in [6, 6.07) is 11.6. The predicted octanol–water partition coefficient (Wildman–Crippen LogP) is 5.53. The minimum atomic E-state index is -0.910. The van der Waals surface area contributed by atoms with Gasteiger partial charge in [0.15, 0.2) is 17.6 Å². The SMILES string of the molecule is O=C(O)c1cc2c(nc(CN3CCC(c4cccc5c4OCC(c4ccc(Cl)cn4)O5)CC3)n2CC2CCO2)s1. The number of aromatic nitrogens is 3. The molecule has 3 aliphatic heterocycles. The average Bonchev–Trinajstić information content (AvgIpc) is 3.49. The molecule has 0 saturated carbocycles. The first-order valence-corrected chi connectivity index (χ1v) is 14.8. The highest BCUT2D eigenvalue weighted by atomic mass is 35.5. The van der Waals surface area contributed by atoms with E-state index in [4.69, 9.17) is 30.8 Å². The van der Waals surface area contributed by atoms with Crippen LogP contribution < -0.4 is 9.47 Å². The molecule has 9 nitrogen and oxygen atoms in total. The molecule has 1 aromatic carbocycles. The summed E-state index contributed by atoms with van der Waals surface area (Å²) in [4.78, 5) is 24.3. The van der Waals surface area contributed by atoms with Gasteiger partial charge in [-0.3, -0.25) is 9.88 Å². The second kappa shape index (κ2) is 10.7. The molecule has 2 saturated heterocycles. The zero-order chi connectivity index (χ0) is 27.2. The number of ether oxygens (including phenoxy) is 3. The van der Waals surface area contributed by atoms with Crippen LogP contribution in [0.1, 0.15) is 58.0 Å². The predicted molar refractivity (Wildman–Crippen MR) is 151 cm³/mol. The quantitative estimate of drug-likeness (QED) is 0.305. The van der Waals surface area contributed by atoms with Crippen molar-refractivity contribution in [1.82, 2.24) is 19.4 Å². The van der Waals surface area contributed by atoms with Gasteiger partial charge in [-0.05, 0) is 62.5 Å². The van der Waals surface area contributed by atoms with Gasteiger partial charge >= 0.3 is 5.97 Å². The molecule has 208 valence electrons. The number of hydrogen-bond acceptors (Lipinski definition) is 8. The Labute approximate surface area is 240 Å². The summed E-state index contributed by atoms with van der Waals surface area (Å²) >= 11 is 7.23. The van der Waals surface area contributed by atoms with Crippen LogP contribution in [0.3, 0.4) is 0 Å². The van der Waals surface area contributed by atoms with Gasteiger partial charge in [0, 0.05) is 18.4 Å². The van der Waals surface area contributed by atoms with E-state index in [1.807, 2.05) is 24.3 Å². The van der Waals surface area contributed by atoms with Crippen LogP contribution in [0.5, 0.6) is 11.5 Å². The Morgan fingerprint density at radius 1 is 1.18 bits per heavy atom. The van der Waals surface area contributed by atoms with Gasteiger partial charge in [-0.25, -0.2) is 9.78 Å². The summed E-state index contributed by atoms with van der Waals surface area (Å²) in [5.41, 5.74) is 2.89. The smallest absolute Gasteiger partial charge is 0.346 e. The molecular formula is C29H29ClN4O5S. The number of benzene rings is 1. The van der Waals surface area contributed by atoms with Crippen molar-refractivity contribution in [3.63, 3.8) is 0 Å². The molecule has 1 N–H and O–H groups in total. The van der Waals surface area contributed by atoms with E-state index in [2.05, 4.69) is 20.5 Å². The molecule has 11 heteroatoms. The van der Waals surface area contributed by atoms with Gasteiger partial charge in [0.05, 0.1) is 35.4 Å². The van der Waals surface area contributed by atoms with Crippen LogP contribution in [0.15, 0.2) is 42.6 Å². The monoisotopic (exact) mass is 580 g/mol. The Bertz CT molecular complexity index is 1540. The third-order valence-corrected chi connectivity index (χ3v) is 9.28. The maximum Gasteiger partial charge on any atom is 0.346 e. The molecule has 2 fully saturated rings. The lowest BCUT2D eigenvalue weighted by molar-refractivity contribution is -0.0592. The Morgan fingerprint density at radius 3 is 2.75 bits per heavy atom. The van der Waals surface area contributed by atoms with E-state index in [1.54, 1.807) is 12.3 Å². The second-order valence-electron chi connectivity index (χ2n) is 10.6. The highest BCUT2D eigenvalue weighted by molar-refractivity contribution is 7.20. The number of fused-ring (bicyclic) bond motifs is 2. The van der Waals surface area contributed by atoms with E-state index in [0.717, 1.165) is 78.9 Å². The Kier molecular flexibility index (Phi) is 6.87. The number of pyridine rings is 1. The molecule has 3 aromatic heterocycles. The molecule has 0 spiro atoms. The van der Waals surface area contributed by atoms with Crippen LogP contribution in [-0.4, -0.2) is 62.9 Å². The van der Waals surface area contributed by atoms with Gasteiger partial charge in [-0.2, -0.15) is 0 Å². The maximum absolute atomic E-state index is 11.5. The number of hydrogen-bond donors (Lipinski definition) is 1. The molecule has 0 bridgehead atoms. The summed E-state index contributed by atoms with van der Waals surface area (Å²) < 4.78 is 20.4. The summed E-state index contributed by atoms with van der Waals surface area (Å²) in [6.45, 7) is 4.50. The normalized spacial score (nSPS) is 21.4. The molecule has 3 aliphatic rings. The summed E-state index contributed by atoms with van der Waals surface area (Å²) in [5, 5.41) is 10.0. The summed E-state index contributed by atoms with van der Waals surface area (Å²) in [7, 11) is 0. The highest BCUT2D eigenvalue weighted by Gasteiger charge is 2.31. The zero-order valence-electron chi connectivity index (χ0n) is 21.8. The number of nitrogens with zero attached hydrogens (tertiary/aromatic N) is 4. The number of imidazole rings is 1. The van der Waals surface area contributed by atoms with Crippen LogP contribution in [-0.2, 0) is 17.8 Å². The van der Waals surface area contributed by atoms with Crippen molar-refractivity contribution in [2.75, 3.05) is 26.3 Å². The number of rotatable bonds is 7. The molecule has 0 aliphatic carbocycles. The number of aromatic carboxylic acids is 1. The minimum Gasteiger partial charge on any atom is -0.485 e. The minimum absolute atomic E-state index is 0.164. The molecule has 4 aromatic rings. The molecule has 6 heterocycles. The first-order chi connectivity index (χ1) is 19.5. The van der Waals surface area contributed by atoms with E-state index < -0.39 is 5.97 Å². The first-order valence-electron chi connectivity index (χ1n) is 13.6. The highest BCUT2D eigenvalue weighted by Crippen LogP contribution is 2.44. The topological polar surface area (TPSA) is 98.9 Å². The first kappa shape index (κ1) is 25.8. The number of piperidine rings is 1. The van der Waals surface area contributed by atoms with Crippen LogP contribution in [0.2, 0.25) is 5.02 Å². The number of thiophene rings is 1. The third kappa shape index (κ3) is 4.94. The van der Waals surface area contributed by atoms with Crippen molar-refractivity contribution in [3.05, 3.63) is 69.6 Å². The van der Waals surface area contributed by atoms with E-state index in [0.29, 0.717) is 29.0 Å². The van der Waals surface area contributed by atoms with Crippen LogP contribution >= 0.6 is 22.9 Å². The Hall–Kier alpha value is -3.18. The van der Waals surface area contributed by atoms with E-state index in [1.165, 1.54) is 16.9 Å². The van der Waals surface area contributed by atoms with E-state index in [-0.39, 0.29) is 12.2 Å². The van der Waals surface area contributed by atoms with Crippen molar-refractivity contribution >= 4 is 39.3 Å². The fraction of sp³-hybridized carbons (Fsp3) is 0.414. The van der Waals surface area contributed by atoms with Crippen molar-refractivity contribution in [3.8, 4) is 11.5 Å². The van der Waals surface area contributed by atoms with Crippen molar-refractivity contribution in [2.24, 2.45) is 0 Å². The molecule has 40 heavy (non-hydrogen) atoms. The molecule has 2 unspecified atom stereocenters. The number of likely N-dealkylation sites (tertiary alicyclic amines) is 1. The van der Waals surface area contributed by atoms with Crippen LogP contribution in [0.25, 0.3) is 10.3 Å². The van der Waals surface area contributed by atoms with Gasteiger partial charge in [0.2, 0.25) is 0 Å². The number of carboxylic acids is 1. The fourth-order valence-electron chi connectivity index (χ4n) is 5.80. The average molecular weight is 581 g/mol. The lowest BCUT2D eigenvalue weighted by Gasteiger charge is -2.34. The lowest BCUT2D eigenvalue weighted by Crippen LogP contribution is -2.35. The van der Waals surface area contributed by atoms with Gasteiger partial charge in [0.25, 0.3) is 0 Å². The largest absolute Gasteiger partial charge is 0.485 e. The second-order valence-corrected chi connectivity index (χ2v) is 12.0. The molecule has 7 rings (SSSR count). The van der Waals surface area contributed by atoms with E-state index >= 15 is 0 Å². The van der Waals surface area contributed by atoms with E-state index in [9.17, 15) is 9.90 Å². The van der Waals surface area contributed by atoms with Gasteiger partial charge in [0.1, 0.15) is 22.1 Å². The van der Waals surface area contributed by atoms with Gasteiger partial charge in [-0.15, -0.1) is 11.3 Å². The Morgan fingerprint density at radius 2 is 2.02 bits per heavy atom. The third-order valence-electron chi connectivity index (χ3n) is 8.05. The fourth-order valence-corrected chi connectivity index (χ4v) is 6.80. The number of para-hydroxylation sites is 1. The molecule has 0 amide bonds. The molecule has 2 atom stereocenters. The van der Waals surface area contributed by atoms with Crippen molar-refractivity contribution in [1.29, 1.82) is 0 Å². The maximum atomic E-state index is 11.5. The number of carboxylic acid groups (broad SMARTS) is 1.